The largest absolute Gasteiger partial charge is 0.508 e. The fraction of sp³-hybridized carbons (Fsp3) is 0.526. The van der Waals surface area contributed by atoms with Crippen molar-refractivity contribution in [3.05, 3.63) is 40.4 Å². The highest BCUT2D eigenvalue weighted by Gasteiger charge is 2.62. The standard InChI is InChI=1S/C19H22N2O3/c1-2-10-8-21-17-6-13-12-5-11(23)3-4-16(12)20-18(13)19(21,24)7-14(10)15(17)9-22/h2-5,14-15,17-18,22-24H,6-9H2,1H3/b10-2-. The van der Waals surface area contributed by atoms with Gasteiger partial charge in [-0.2, -0.15) is 0 Å². The number of rotatable bonds is 1. The lowest BCUT2D eigenvalue weighted by atomic mass is 9.61. The molecule has 5 nitrogen and oxygen atoms in total. The number of hydrogen-bond donors (Lipinski definition) is 3. The first-order valence-electron chi connectivity index (χ1n) is 8.72. The second kappa shape index (κ2) is 4.69. The minimum absolute atomic E-state index is 0.136. The van der Waals surface area contributed by atoms with Gasteiger partial charge in [0.25, 0.3) is 0 Å². The predicted octanol–water partition coefficient (Wildman–Crippen LogP) is -0.104. The molecule has 0 spiro atoms. The summed E-state index contributed by atoms with van der Waals surface area (Å²) >= 11 is 0. The highest BCUT2D eigenvalue weighted by atomic mass is 16.3. The third kappa shape index (κ3) is 1.62. The van der Waals surface area contributed by atoms with E-state index in [9.17, 15) is 15.3 Å². The molecule has 3 N–H and O–H groups in total. The van der Waals surface area contributed by atoms with Gasteiger partial charge < -0.3 is 15.3 Å². The summed E-state index contributed by atoms with van der Waals surface area (Å²) in [5, 5.41) is 33.2. The predicted molar refractivity (Wildman–Crippen MR) is 88.6 cm³/mol. The highest BCUT2D eigenvalue weighted by molar-refractivity contribution is 5.60. The van der Waals surface area contributed by atoms with Crippen LogP contribution in [0.4, 0.5) is 0 Å². The molecule has 0 radical (unpaired) electrons. The molecule has 6 rings (SSSR count). The molecule has 6 atom stereocenters. The van der Waals surface area contributed by atoms with Crippen LogP contribution in [0.5, 0.6) is 5.75 Å². The number of aliphatic hydroxyl groups excluding tert-OH is 1. The Hall–Kier alpha value is -1.69. The Morgan fingerprint density at radius 2 is 2.25 bits per heavy atom. The average molecular weight is 326 g/mol. The molecule has 4 saturated heterocycles. The quantitative estimate of drug-likeness (QED) is 0.630. The van der Waals surface area contributed by atoms with Gasteiger partial charge in [0.05, 0.1) is 5.36 Å². The molecule has 1 aromatic carbocycles. The third-order valence-electron chi connectivity index (χ3n) is 6.63. The summed E-state index contributed by atoms with van der Waals surface area (Å²) in [5.74, 6) is 0.616. The zero-order valence-corrected chi connectivity index (χ0v) is 13.7. The van der Waals surface area contributed by atoms with E-state index in [-0.39, 0.29) is 36.3 Å². The monoisotopic (exact) mass is 326 g/mol. The van der Waals surface area contributed by atoms with Gasteiger partial charge in [0.2, 0.25) is 0 Å². The number of allylic oxidation sites excluding steroid dienone is 1. The maximum atomic E-state index is 11.6. The Morgan fingerprint density at radius 3 is 3.00 bits per heavy atom. The summed E-state index contributed by atoms with van der Waals surface area (Å²) < 4.78 is 0. The van der Waals surface area contributed by atoms with E-state index in [2.05, 4.69) is 11.0 Å². The first-order valence-corrected chi connectivity index (χ1v) is 8.72. The topological polar surface area (TPSA) is 76.3 Å². The van der Waals surface area contributed by atoms with E-state index in [1.807, 2.05) is 13.0 Å². The lowest BCUT2D eigenvalue weighted by Crippen LogP contribution is -2.74. The van der Waals surface area contributed by atoms with E-state index in [1.165, 1.54) is 5.57 Å². The van der Waals surface area contributed by atoms with Gasteiger partial charge >= 0.3 is 0 Å². The first-order chi connectivity index (χ1) is 11.6. The van der Waals surface area contributed by atoms with E-state index in [0.717, 1.165) is 29.1 Å². The molecule has 0 amide bonds. The maximum absolute atomic E-state index is 11.6. The van der Waals surface area contributed by atoms with Crippen LogP contribution in [0, 0.1) is 11.8 Å². The minimum atomic E-state index is -0.976. The van der Waals surface area contributed by atoms with Crippen molar-refractivity contribution in [2.24, 2.45) is 16.8 Å². The van der Waals surface area contributed by atoms with E-state index in [4.69, 9.17) is 4.99 Å². The number of piperidine rings is 4. The van der Waals surface area contributed by atoms with Crippen LogP contribution in [0.25, 0.3) is 5.57 Å². The van der Waals surface area contributed by atoms with Gasteiger partial charge in [0, 0.05) is 30.3 Å². The molecule has 4 bridgehead atoms. The SMILES string of the molecule is C/C=C1/CN2C3CC4=c5cc(O)ccc5=NC4C2(O)CC1C3CO. The lowest BCUT2D eigenvalue weighted by molar-refractivity contribution is -0.216. The fourth-order valence-corrected chi connectivity index (χ4v) is 5.52. The van der Waals surface area contributed by atoms with E-state index < -0.39 is 5.72 Å². The van der Waals surface area contributed by atoms with Gasteiger partial charge in [-0.05, 0) is 49.5 Å². The van der Waals surface area contributed by atoms with Crippen molar-refractivity contribution in [2.45, 2.75) is 37.6 Å². The van der Waals surface area contributed by atoms with Crippen LogP contribution in [-0.4, -0.2) is 51.2 Å². The number of nitrogens with zero attached hydrogens (tertiary/aromatic N) is 2. The summed E-state index contributed by atoms with van der Waals surface area (Å²) in [5.41, 5.74) is 1.47. The number of fused-ring (bicyclic) bond motifs is 3. The third-order valence-corrected chi connectivity index (χ3v) is 6.63. The van der Waals surface area contributed by atoms with Crippen molar-refractivity contribution in [1.29, 1.82) is 0 Å². The molecular weight excluding hydrogens is 304 g/mol. The van der Waals surface area contributed by atoms with Crippen molar-refractivity contribution in [2.75, 3.05) is 13.2 Å². The summed E-state index contributed by atoms with van der Waals surface area (Å²) in [7, 11) is 0. The van der Waals surface area contributed by atoms with Crippen LogP contribution in [0.15, 0.2) is 34.8 Å². The number of hydrogen-bond acceptors (Lipinski definition) is 5. The Kier molecular flexibility index (Phi) is 2.86. The van der Waals surface area contributed by atoms with Crippen LogP contribution in [0.2, 0.25) is 0 Å². The average Bonchev–Trinajstić information content (AvgIpc) is 2.93. The van der Waals surface area contributed by atoms with Crippen LogP contribution in [-0.2, 0) is 0 Å². The number of benzene rings is 1. The van der Waals surface area contributed by atoms with Crippen molar-refractivity contribution in [1.82, 2.24) is 4.90 Å². The van der Waals surface area contributed by atoms with E-state index in [1.54, 1.807) is 12.1 Å². The number of aliphatic hydroxyl groups is 2. The second-order valence-electron chi connectivity index (χ2n) is 7.56. The van der Waals surface area contributed by atoms with Gasteiger partial charge in [0.1, 0.15) is 17.5 Å². The molecule has 126 valence electrons. The molecule has 0 aromatic heterocycles. The van der Waals surface area contributed by atoms with Crippen LogP contribution in [0.1, 0.15) is 19.8 Å². The molecule has 24 heavy (non-hydrogen) atoms. The lowest BCUT2D eigenvalue weighted by Gasteiger charge is -2.64. The fourth-order valence-electron chi connectivity index (χ4n) is 5.52. The molecular formula is C19H22N2O3. The molecule has 1 aromatic rings. The summed E-state index contributed by atoms with van der Waals surface area (Å²) in [6.07, 6.45) is 3.55. The van der Waals surface area contributed by atoms with Gasteiger partial charge in [0.15, 0.2) is 0 Å². The van der Waals surface area contributed by atoms with E-state index in [0.29, 0.717) is 6.42 Å². The van der Waals surface area contributed by atoms with Crippen molar-refractivity contribution in [3.8, 4) is 5.75 Å². The molecule has 4 fully saturated rings. The zero-order chi connectivity index (χ0) is 16.6. The van der Waals surface area contributed by atoms with Gasteiger partial charge in [-0.1, -0.05) is 11.6 Å². The molecule has 5 aliphatic heterocycles. The van der Waals surface area contributed by atoms with Gasteiger partial charge in [-0.3, -0.25) is 9.89 Å². The van der Waals surface area contributed by atoms with Gasteiger partial charge in [-0.25, -0.2) is 0 Å². The van der Waals surface area contributed by atoms with Crippen LogP contribution < -0.4 is 10.6 Å². The zero-order valence-electron chi connectivity index (χ0n) is 13.7. The van der Waals surface area contributed by atoms with E-state index >= 15 is 0 Å². The Balaban J connectivity index is 1.71. The molecule has 5 heterocycles. The Morgan fingerprint density at radius 1 is 1.42 bits per heavy atom. The molecule has 5 heteroatoms. The highest BCUT2D eigenvalue weighted by Crippen LogP contribution is 2.55. The number of phenols is 1. The van der Waals surface area contributed by atoms with Gasteiger partial charge in [-0.15, -0.1) is 0 Å². The summed E-state index contributed by atoms with van der Waals surface area (Å²) in [4.78, 5) is 6.98. The van der Waals surface area contributed by atoms with Crippen LogP contribution >= 0.6 is 0 Å². The van der Waals surface area contributed by atoms with Crippen LogP contribution in [0.3, 0.4) is 0 Å². The molecule has 0 saturated carbocycles. The second-order valence-corrected chi connectivity index (χ2v) is 7.56. The Labute approximate surface area is 140 Å². The van der Waals surface area contributed by atoms with Crippen molar-refractivity contribution >= 4 is 5.57 Å². The number of phenolic OH excluding ortho intramolecular Hbond substituents is 1. The molecule has 5 aliphatic rings. The van der Waals surface area contributed by atoms with Crippen molar-refractivity contribution < 1.29 is 15.3 Å². The maximum Gasteiger partial charge on any atom is 0.146 e. The summed E-state index contributed by atoms with van der Waals surface area (Å²) in [6, 6.07) is 5.12. The first kappa shape index (κ1) is 14.6. The smallest absolute Gasteiger partial charge is 0.146 e. The molecule has 0 aliphatic carbocycles. The number of aromatic hydroxyl groups is 1. The normalized spacial score (nSPS) is 43.5. The van der Waals surface area contributed by atoms with Crippen molar-refractivity contribution in [3.63, 3.8) is 0 Å². The minimum Gasteiger partial charge on any atom is -0.508 e. The Bertz CT molecular complexity index is 877. The molecule has 6 unspecified atom stereocenters. The summed E-state index contributed by atoms with van der Waals surface area (Å²) in [6.45, 7) is 2.95.